The molecule has 0 saturated carbocycles. The van der Waals surface area contributed by atoms with Crippen LogP contribution in [0.25, 0.3) is 21.9 Å². The maximum atomic E-state index is 4.93. The van der Waals surface area contributed by atoms with Gasteiger partial charge < -0.3 is 0 Å². The molecule has 0 fully saturated rings. The number of halogens is 2. The van der Waals surface area contributed by atoms with Crippen LogP contribution in [0.1, 0.15) is 69.6 Å². The molecular formula is C24H29Cl2Zr-. The van der Waals surface area contributed by atoms with E-state index in [2.05, 4.69) is 83.1 Å². The van der Waals surface area contributed by atoms with Crippen molar-refractivity contribution in [1.82, 2.24) is 0 Å². The van der Waals surface area contributed by atoms with E-state index in [1.165, 1.54) is 45.0 Å². The Hall–Kier alpha value is -0.487. The standard InChI is InChI=1S/C24H29.2ClH.Zr/c1-6-17(5)20-14-19-13-12-18(7-2)24(23(19)15-20)22-11-9-8-10-21(22)16(3)4;;;/h8-17H,6-7H2,1-5H3;2*1H;/q-1;;;+2/p-2. The molecule has 3 heteroatoms. The number of aryl methyl sites for hydroxylation is 1. The molecule has 0 aliphatic rings. The van der Waals surface area contributed by atoms with E-state index in [9.17, 15) is 0 Å². The number of hydrogen-bond donors (Lipinski definition) is 0. The van der Waals surface area contributed by atoms with Crippen LogP contribution in [0.5, 0.6) is 0 Å². The Morgan fingerprint density at radius 2 is 1.67 bits per heavy atom. The van der Waals surface area contributed by atoms with Crippen LogP contribution in [0, 0.1) is 0 Å². The fraction of sp³-hybridized carbons (Fsp3) is 0.375. The minimum atomic E-state index is -0.826. The van der Waals surface area contributed by atoms with Gasteiger partial charge in [0.05, 0.1) is 0 Å². The molecule has 0 spiro atoms. The van der Waals surface area contributed by atoms with Crippen LogP contribution >= 0.6 is 17.0 Å². The molecule has 3 rings (SSSR count). The van der Waals surface area contributed by atoms with Crippen molar-refractivity contribution in [1.29, 1.82) is 0 Å². The first-order valence-corrected chi connectivity index (χ1v) is 16.1. The number of fused-ring (bicyclic) bond motifs is 1. The fourth-order valence-corrected chi connectivity index (χ4v) is 3.71. The third kappa shape index (κ3) is 5.32. The molecule has 0 N–H and O–H groups in total. The zero-order valence-electron chi connectivity index (χ0n) is 16.9. The van der Waals surface area contributed by atoms with Crippen molar-refractivity contribution in [3.05, 3.63) is 65.2 Å². The van der Waals surface area contributed by atoms with Gasteiger partial charge in [-0.2, -0.15) is 6.07 Å². The van der Waals surface area contributed by atoms with E-state index in [1.807, 2.05) is 0 Å². The van der Waals surface area contributed by atoms with Crippen molar-refractivity contribution in [3.8, 4) is 11.1 Å². The summed E-state index contributed by atoms with van der Waals surface area (Å²) in [6, 6.07) is 18.4. The van der Waals surface area contributed by atoms with Crippen LogP contribution in [0.3, 0.4) is 0 Å². The van der Waals surface area contributed by atoms with Crippen molar-refractivity contribution in [2.45, 2.75) is 59.3 Å². The second-order valence-corrected chi connectivity index (χ2v) is 11.1. The van der Waals surface area contributed by atoms with Crippen LogP contribution in [-0.4, -0.2) is 0 Å². The Morgan fingerprint density at radius 1 is 1.00 bits per heavy atom. The van der Waals surface area contributed by atoms with Gasteiger partial charge in [0.15, 0.2) is 0 Å². The van der Waals surface area contributed by atoms with Gasteiger partial charge in [-0.05, 0) is 29.4 Å². The van der Waals surface area contributed by atoms with Gasteiger partial charge in [0.1, 0.15) is 0 Å². The maximum absolute atomic E-state index is 4.93. The Labute approximate surface area is 183 Å². The number of benzene rings is 2. The molecule has 0 radical (unpaired) electrons. The van der Waals surface area contributed by atoms with Crippen LogP contribution < -0.4 is 0 Å². The summed E-state index contributed by atoms with van der Waals surface area (Å²) >= 11 is -0.826. The molecule has 144 valence electrons. The molecule has 1 unspecified atom stereocenters. The first-order chi connectivity index (χ1) is 13.0. The van der Waals surface area contributed by atoms with Crippen LogP contribution in [0.2, 0.25) is 0 Å². The third-order valence-electron chi connectivity index (χ3n) is 5.41. The zero-order valence-corrected chi connectivity index (χ0v) is 20.9. The van der Waals surface area contributed by atoms with E-state index in [1.54, 1.807) is 0 Å². The fourth-order valence-electron chi connectivity index (χ4n) is 3.71. The summed E-state index contributed by atoms with van der Waals surface area (Å²) in [6.45, 7) is 11.5. The number of rotatable bonds is 5. The SMILES string of the molecule is CCc1ccc2[cH-]c(C(C)CC)cc2c1-c1ccccc1C(C)C.[Cl][Zr][Cl]. The Balaban J connectivity index is 0.000000817. The Morgan fingerprint density at radius 3 is 2.26 bits per heavy atom. The summed E-state index contributed by atoms with van der Waals surface area (Å²) in [4.78, 5) is 0. The van der Waals surface area contributed by atoms with E-state index in [4.69, 9.17) is 17.0 Å². The van der Waals surface area contributed by atoms with Crippen molar-refractivity contribution in [3.63, 3.8) is 0 Å². The summed E-state index contributed by atoms with van der Waals surface area (Å²) in [5, 5.41) is 2.81. The predicted molar refractivity (Wildman–Crippen MR) is 119 cm³/mol. The van der Waals surface area contributed by atoms with E-state index < -0.39 is 20.8 Å². The van der Waals surface area contributed by atoms with E-state index in [-0.39, 0.29) is 0 Å². The monoisotopic (exact) mass is 477 g/mol. The summed E-state index contributed by atoms with van der Waals surface area (Å²) in [5.41, 5.74) is 7.25. The van der Waals surface area contributed by atoms with Gasteiger partial charge in [-0.25, -0.2) is 0 Å². The molecule has 0 aliphatic carbocycles. The molecule has 0 heterocycles. The first kappa shape index (κ1) is 22.8. The minimum absolute atomic E-state index is 0.533. The quantitative estimate of drug-likeness (QED) is 0.321. The Kier molecular flexibility index (Phi) is 9.20. The average Bonchev–Trinajstić information content (AvgIpc) is 3.11. The summed E-state index contributed by atoms with van der Waals surface area (Å²) in [7, 11) is 9.87. The molecule has 1 atom stereocenters. The molecule has 3 aromatic rings. The van der Waals surface area contributed by atoms with Crippen LogP contribution in [0.15, 0.2) is 48.5 Å². The van der Waals surface area contributed by atoms with Crippen molar-refractivity contribution >= 4 is 27.8 Å². The molecule has 0 nitrogen and oxygen atoms in total. The topological polar surface area (TPSA) is 0 Å². The molecular weight excluding hydrogens is 450 g/mol. The predicted octanol–water partition coefficient (Wildman–Crippen LogP) is 8.80. The van der Waals surface area contributed by atoms with Crippen molar-refractivity contribution in [2.24, 2.45) is 0 Å². The third-order valence-corrected chi connectivity index (χ3v) is 5.41. The van der Waals surface area contributed by atoms with Gasteiger partial charge in [-0.15, -0.1) is 34.5 Å². The summed E-state index contributed by atoms with van der Waals surface area (Å²) in [5.74, 6) is 1.15. The zero-order chi connectivity index (χ0) is 20.0. The van der Waals surface area contributed by atoms with Gasteiger partial charge in [-0.3, -0.25) is 0 Å². The van der Waals surface area contributed by atoms with Gasteiger partial charge in [0.2, 0.25) is 0 Å². The summed E-state index contributed by atoms with van der Waals surface area (Å²) in [6.07, 6.45) is 2.26. The molecule has 3 aromatic carbocycles. The second-order valence-electron chi connectivity index (χ2n) is 7.37. The van der Waals surface area contributed by atoms with Gasteiger partial charge >= 0.3 is 37.9 Å². The van der Waals surface area contributed by atoms with E-state index in [0.29, 0.717) is 11.8 Å². The normalized spacial score (nSPS) is 12.0. The first-order valence-electron chi connectivity index (χ1n) is 9.76. The molecule has 0 bridgehead atoms. The van der Waals surface area contributed by atoms with Gasteiger partial charge in [0, 0.05) is 0 Å². The molecule has 0 amide bonds. The Bertz CT molecular complexity index is 864. The van der Waals surface area contributed by atoms with Crippen molar-refractivity contribution in [2.75, 3.05) is 0 Å². The number of hydrogen-bond acceptors (Lipinski definition) is 0. The van der Waals surface area contributed by atoms with Gasteiger partial charge in [-0.1, -0.05) is 76.4 Å². The summed E-state index contributed by atoms with van der Waals surface area (Å²) < 4.78 is 0. The van der Waals surface area contributed by atoms with E-state index >= 15 is 0 Å². The van der Waals surface area contributed by atoms with E-state index in [0.717, 1.165) is 6.42 Å². The average molecular weight is 480 g/mol. The van der Waals surface area contributed by atoms with Crippen LogP contribution in [-0.2, 0) is 27.3 Å². The second kappa shape index (κ2) is 10.9. The molecule has 27 heavy (non-hydrogen) atoms. The molecule has 0 saturated heterocycles. The van der Waals surface area contributed by atoms with Gasteiger partial charge in [0.25, 0.3) is 0 Å². The molecule has 0 aliphatic heterocycles. The van der Waals surface area contributed by atoms with Crippen molar-refractivity contribution < 1.29 is 20.8 Å². The molecule has 0 aromatic heterocycles. The van der Waals surface area contributed by atoms with Crippen LogP contribution in [0.4, 0.5) is 0 Å².